The molecule has 0 N–H and O–H groups in total. The van der Waals surface area contributed by atoms with E-state index >= 15 is 0 Å². The summed E-state index contributed by atoms with van der Waals surface area (Å²) in [6.07, 6.45) is 1.15. The lowest BCUT2D eigenvalue weighted by molar-refractivity contribution is 0.161. The highest BCUT2D eigenvalue weighted by Gasteiger charge is 2.23. The molecule has 112 valence electrons. The summed E-state index contributed by atoms with van der Waals surface area (Å²) in [5, 5.41) is 13.1. The van der Waals surface area contributed by atoms with E-state index in [0.29, 0.717) is 5.92 Å². The summed E-state index contributed by atoms with van der Waals surface area (Å²) >= 11 is 0. The molecule has 0 amide bonds. The van der Waals surface area contributed by atoms with Gasteiger partial charge in [0.15, 0.2) is 11.6 Å². The number of methoxy groups -OCH3 is 1. The van der Waals surface area contributed by atoms with Crippen LogP contribution >= 0.6 is 0 Å². The van der Waals surface area contributed by atoms with Gasteiger partial charge in [0.2, 0.25) is 0 Å². The van der Waals surface area contributed by atoms with Crippen LogP contribution in [0.5, 0.6) is 0 Å². The fraction of sp³-hybridized carbons (Fsp3) is 0.533. The molecule has 2 aromatic heterocycles. The van der Waals surface area contributed by atoms with Crippen molar-refractivity contribution in [3.05, 3.63) is 29.6 Å². The number of hydrogen-bond donors (Lipinski definition) is 0. The number of rotatable bonds is 4. The normalized spacial score (nSPS) is 18.4. The molecule has 0 saturated carbocycles. The van der Waals surface area contributed by atoms with Crippen LogP contribution < -0.4 is 4.90 Å². The van der Waals surface area contributed by atoms with Crippen molar-refractivity contribution >= 4 is 5.82 Å². The van der Waals surface area contributed by atoms with Gasteiger partial charge in [-0.3, -0.25) is 0 Å². The van der Waals surface area contributed by atoms with Crippen LogP contribution in [0.4, 0.5) is 5.82 Å². The third-order valence-corrected chi connectivity index (χ3v) is 3.88. The molecule has 6 nitrogen and oxygen atoms in total. The molecule has 3 heterocycles. The first-order valence-electron chi connectivity index (χ1n) is 7.28. The first-order chi connectivity index (χ1) is 10.2. The Labute approximate surface area is 124 Å². The van der Waals surface area contributed by atoms with Crippen LogP contribution in [0.15, 0.2) is 18.2 Å². The van der Waals surface area contributed by atoms with Gasteiger partial charge in [-0.1, -0.05) is 0 Å². The van der Waals surface area contributed by atoms with Crippen LogP contribution in [0.25, 0.3) is 5.82 Å². The lowest BCUT2D eigenvalue weighted by Gasteiger charge is -2.16. The molecule has 21 heavy (non-hydrogen) atoms. The fourth-order valence-corrected chi connectivity index (χ4v) is 2.87. The van der Waals surface area contributed by atoms with Gasteiger partial charge in [0.1, 0.15) is 0 Å². The van der Waals surface area contributed by atoms with E-state index in [2.05, 4.69) is 20.2 Å². The molecule has 1 atom stereocenters. The predicted octanol–water partition coefficient (Wildman–Crippen LogP) is 1.75. The summed E-state index contributed by atoms with van der Waals surface area (Å²) in [4.78, 5) is 2.27. The minimum absolute atomic E-state index is 0.590. The van der Waals surface area contributed by atoms with Crippen LogP contribution in [-0.4, -0.2) is 46.8 Å². The van der Waals surface area contributed by atoms with E-state index < -0.39 is 0 Å². The third-order valence-electron chi connectivity index (χ3n) is 3.88. The fourth-order valence-electron chi connectivity index (χ4n) is 2.87. The summed E-state index contributed by atoms with van der Waals surface area (Å²) in [5.41, 5.74) is 2.05. The van der Waals surface area contributed by atoms with Gasteiger partial charge >= 0.3 is 0 Å². The Kier molecular flexibility index (Phi) is 3.88. The number of ether oxygens (including phenoxy) is 1. The maximum absolute atomic E-state index is 5.23. The lowest BCUT2D eigenvalue weighted by atomic mass is 10.1. The van der Waals surface area contributed by atoms with Gasteiger partial charge in [-0.2, -0.15) is 5.10 Å². The zero-order valence-corrected chi connectivity index (χ0v) is 12.8. The van der Waals surface area contributed by atoms with Gasteiger partial charge in [0.25, 0.3) is 0 Å². The van der Waals surface area contributed by atoms with Gasteiger partial charge in [0, 0.05) is 31.8 Å². The van der Waals surface area contributed by atoms with Gasteiger partial charge < -0.3 is 9.64 Å². The summed E-state index contributed by atoms with van der Waals surface area (Å²) in [6.45, 7) is 6.81. The Morgan fingerprint density at radius 1 is 1.24 bits per heavy atom. The summed E-state index contributed by atoms with van der Waals surface area (Å²) in [7, 11) is 1.76. The van der Waals surface area contributed by atoms with Crippen LogP contribution in [-0.2, 0) is 4.74 Å². The van der Waals surface area contributed by atoms with Gasteiger partial charge in [-0.05, 0) is 38.5 Å². The van der Waals surface area contributed by atoms with E-state index in [4.69, 9.17) is 4.74 Å². The third kappa shape index (κ3) is 2.90. The van der Waals surface area contributed by atoms with Crippen molar-refractivity contribution in [3.63, 3.8) is 0 Å². The second-order valence-electron chi connectivity index (χ2n) is 5.64. The van der Waals surface area contributed by atoms with E-state index in [1.807, 2.05) is 36.7 Å². The Balaban J connectivity index is 1.74. The van der Waals surface area contributed by atoms with E-state index in [-0.39, 0.29) is 0 Å². The molecular weight excluding hydrogens is 266 g/mol. The van der Waals surface area contributed by atoms with E-state index in [1.54, 1.807) is 7.11 Å². The monoisotopic (exact) mass is 287 g/mol. The van der Waals surface area contributed by atoms with E-state index in [0.717, 1.165) is 49.1 Å². The molecule has 2 aromatic rings. The van der Waals surface area contributed by atoms with Crippen LogP contribution in [0.2, 0.25) is 0 Å². The summed E-state index contributed by atoms with van der Waals surface area (Å²) in [6, 6.07) is 6.03. The number of aromatic nitrogens is 4. The Bertz CT molecular complexity index is 607. The molecule has 3 rings (SSSR count). The van der Waals surface area contributed by atoms with Crippen LogP contribution in [0.3, 0.4) is 0 Å². The first kappa shape index (κ1) is 14.0. The Hall–Kier alpha value is -1.95. The number of aryl methyl sites for hydroxylation is 2. The van der Waals surface area contributed by atoms with Crippen molar-refractivity contribution in [1.29, 1.82) is 0 Å². The van der Waals surface area contributed by atoms with Crippen molar-refractivity contribution in [2.24, 2.45) is 5.92 Å². The lowest BCUT2D eigenvalue weighted by Crippen LogP contribution is -2.22. The number of hydrogen-bond acceptors (Lipinski definition) is 5. The van der Waals surface area contributed by atoms with Crippen LogP contribution in [0, 0.1) is 19.8 Å². The smallest absolute Gasteiger partial charge is 0.176 e. The van der Waals surface area contributed by atoms with Crippen molar-refractivity contribution in [2.75, 3.05) is 31.7 Å². The maximum Gasteiger partial charge on any atom is 0.176 e. The quantitative estimate of drug-likeness (QED) is 0.857. The predicted molar refractivity (Wildman–Crippen MR) is 80.8 cm³/mol. The molecule has 0 aromatic carbocycles. The highest BCUT2D eigenvalue weighted by Crippen LogP contribution is 2.22. The van der Waals surface area contributed by atoms with Crippen molar-refractivity contribution < 1.29 is 4.74 Å². The van der Waals surface area contributed by atoms with Crippen molar-refractivity contribution in [2.45, 2.75) is 20.3 Å². The molecule has 1 fully saturated rings. The van der Waals surface area contributed by atoms with Crippen molar-refractivity contribution in [3.8, 4) is 5.82 Å². The molecule has 0 aliphatic carbocycles. The second-order valence-corrected chi connectivity index (χ2v) is 5.64. The van der Waals surface area contributed by atoms with Gasteiger partial charge in [0.05, 0.1) is 12.3 Å². The molecule has 1 saturated heterocycles. The van der Waals surface area contributed by atoms with Crippen LogP contribution in [0.1, 0.15) is 17.8 Å². The molecule has 0 radical (unpaired) electrons. The Morgan fingerprint density at radius 2 is 2.00 bits per heavy atom. The minimum atomic E-state index is 0.590. The van der Waals surface area contributed by atoms with E-state index in [1.165, 1.54) is 0 Å². The first-order valence-corrected chi connectivity index (χ1v) is 7.28. The average molecular weight is 287 g/mol. The maximum atomic E-state index is 5.23. The molecule has 6 heteroatoms. The highest BCUT2D eigenvalue weighted by molar-refractivity contribution is 5.41. The second kappa shape index (κ2) is 5.81. The summed E-state index contributed by atoms with van der Waals surface area (Å²) in [5.74, 6) is 2.28. The van der Waals surface area contributed by atoms with Crippen molar-refractivity contribution in [1.82, 2.24) is 20.0 Å². The molecule has 0 spiro atoms. The van der Waals surface area contributed by atoms with Gasteiger partial charge in [-0.15, -0.1) is 10.2 Å². The number of anilines is 1. The highest BCUT2D eigenvalue weighted by atomic mass is 16.5. The average Bonchev–Trinajstić information content (AvgIpc) is 3.06. The molecule has 1 aliphatic rings. The standard InChI is InChI=1S/C15H21N5O/c1-11-8-12(2)20(18-11)15-5-4-14(16-17-15)19-7-6-13(9-19)10-21-3/h4-5,8,13H,6-7,9-10H2,1-3H3/t13-/m0/s1. The zero-order chi connectivity index (χ0) is 14.8. The Morgan fingerprint density at radius 3 is 2.62 bits per heavy atom. The topological polar surface area (TPSA) is 56.1 Å². The SMILES string of the molecule is COC[C@H]1CCN(c2ccc(-n3nc(C)cc3C)nn2)C1. The van der Waals surface area contributed by atoms with E-state index in [9.17, 15) is 0 Å². The molecule has 0 bridgehead atoms. The molecule has 0 unspecified atom stereocenters. The van der Waals surface area contributed by atoms with Gasteiger partial charge in [-0.25, -0.2) is 4.68 Å². The molecule has 1 aliphatic heterocycles. The largest absolute Gasteiger partial charge is 0.384 e. The molecular formula is C15H21N5O. The summed E-state index contributed by atoms with van der Waals surface area (Å²) < 4.78 is 7.05. The number of nitrogens with zero attached hydrogens (tertiary/aromatic N) is 5. The minimum Gasteiger partial charge on any atom is -0.384 e. The zero-order valence-electron chi connectivity index (χ0n) is 12.8.